The minimum atomic E-state index is -0.0171. The Morgan fingerprint density at radius 1 is 1.24 bits per heavy atom. The predicted molar refractivity (Wildman–Crippen MR) is 83.1 cm³/mol. The summed E-state index contributed by atoms with van der Waals surface area (Å²) >= 11 is 0. The molecule has 1 heterocycles. The zero-order chi connectivity index (χ0) is 15.1. The Labute approximate surface area is 125 Å². The molecule has 1 aromatic carbocycles. The van der Waals surface area contributed by atoms with Crippen LogP contribution in [-0.4, -0.2) is 32.0 Å². The Balaban J connectivity index is 1.81. The van der Waals surface area contributed by atoms with Gasteiger partial charge in [0, 0.05) is 19.2 Å². The molecule has 1 aliphatic rings. The molecular formula is C16H23N3O2. The Kier molecular flexibility index (Phi) is 5.75. The van der Waals surface area contributed by atoms with Gasteiger partial charge in [0.15, 0.2) is 0 Å². The number of rotatable bonds is 5. The van der Waals surface area contributed by atoms with Crippen LogP contribution in [0.25, 0.3) is 0 Å². The first-order valence-corrected chi connectivity index (χ1v) is 7.47. The molecule has 0 spiro atoms. The number of nitrogens with one attached hydrogen (secondary N) is 3. The standard InChI is InChI=1S/C16H23N3O2/c1-17-15(20)9-12-4-6-14(7-5-12)19-16(21)10-13-3-2-8-18-11-13/h4-7,13,18H,2-3,8-11H2,1H3,(H,17,20)(H,19,21). The van der Waals surface area contributed by atoms with Crippen molar-refractivity contribution in [3.8, 4) is 0 Å². The minimum Gasteiger partial charge on any atom is -0.359 e. The first kappa shape index (κ1) is 15.5. The second-order valence-corrected chi connectivity index (χ2v) is 5.51. The van der Waals surface area contributed by atoms with E-state index in [1.807, 2.05) is 24.3 Å². The number of anilines is 1. The van der Waals surface area contributed by atoms with Crippen LogP contribution in [0.2, 0.25) is 0 Å². The van der Waals surface area contributed by atoms with Crippen LogP contribution < -0.4 is 16.0 Å². The summed E-state index contributed by atoms with van der Waals surface area (Å²) in [6.45, 7) is 1.99. The molecule has 1 saturated heterocycles. The summed E-state index contributed by atoms with van der Waals surface area (Å²) in [6, 6.07) is 7.42. The van der Waals surface area contributed by atoms with Crippen LogP contribution in [0.15, 0.2) is 24.3 Å². The molecule has 1 fully saturated rings. The fourth-order valence-corrected chi connectivity index (χ4v) is 2.55. The van der Waals surface area contributed by atoms with E-state index in [2.05, 4.69) is 16.0 Å². The van der Waals surface area contributed by atoms with Gasteiger partial charge >= 0.3 is 0 Å². The molecule has 2 amide bonds. The molecule has 0 aliphatic carbocycles. The lowest BCUT2D eigenvalue weighted by Gasteiger charge is -2.22. The Morgan fingerprint density at radius 3 is 2.62 bits per heavy atom. The molecule has 2 rings (SSSR count). The van der Waals surface area contributed by atoms with Gasteiger partial charge in [0.05, 0.1) is 6.42 Å². The quantitative estimate of drug-likeness (QED) is 0.765. The van der Waals surface area contributed by atoms with Crippen LogP contribution in [0.3, 0.4) is 0 Å². The largest absolute Gasteiger partial charge is 0.359 e. The van der Waals surface area contributed by atoms with Gasteiger partial charge in [-0.05, 0) is 49.5 Å². The molecule has 0 aromatic heterocycles. The zero-order valence-electron chi connectivity index (χ0n) is 12.4. The number of likely N-dealkylation sites (N-methyl/N-ethyl adjacent to an activating group) is 1. The maximum absolute atomic E-state index is 12.0. The zero-order valence-corrected chi connectivity index (χ0v) is 12.4. The number of hydrogen-bond donors (Lipinski definition) is 3. The van der Waals surface area contributed by atoms with E-state index >= 15 is 0 Å². The highest BCUT2D eigenvalue weighted by atomic mass is 16.2. The molecule has 1 atom stereocenters. The third kappa shape index (κ3) is 5.19. The van der Waals surface area contributed by atoms with E-state index in [1.165, 1.54) is 0 Å². The lowest BCUT2D eigenvalue weighted by Crippen LogP contribution is -2.32. The van der Waals surface area contributed by atoms with Crippen molar-refractivity contribution in [1.29, 1.82) is 0 Å². The minimum absolute atomic E-state index is 0.0171. The van der Waals surface area contributed by atoms with Gasteiger partial charge in [0.25, 0.3) is 0 Å². The summed E-state index contributed by atoms with van der Waals surface area (Å²) in [4.78, 5) is 23.3. The van der Waals surface area contributed by atoms with Crippen molar-refractivity contribution in [3.63, 3.8) is 0 Å². The third-order valence-electron chi connectivity index (χ3n) is 3.75. The number of hydrogen-bond acceptors (Lipinski definition) is 3. The number of piperidine rings is 1. The maximum Gasteiger partial charge on any atom is 0.224 e. The normalized spacial score (nSPS) is 18.0. The summed E-state index contributed by atoms with van der Waals surface area (Å²) in [7, 11) is 1.62. The second kappa shape index (κ2) is 7.78. The average molecular weight is 289 g/mol. The smallest absolute Gasteiger partial charge is 0.224 e. The van der Waals surface area contributed by atoms with Gasteiger partial charge in [-0.1, -0.05) is 12.1 Å². The Bertz CT molecular complexity index is 479. The lowest BCUT2D eigenvalue weighted by molar-refractivity contribution is -0.120. The summed E-state index contributed by atoms with van der Waals surface area (Å²) in [5, 5.41) is 8.82. The van der Waals surface area contributed by atoms with E-state index in [4.69, 9.17) is 0 Å². The average Bonchev–Trinajstić information content (AvgIpc) is 2.50. The maximum atomic E-state index is 12.0. The van der Waals surface area contributed by atoms with Crippen molar-refractivity contribution in [1.82, 2.24) is 10.6 Å². The fraction of sp³-hybridized carbons (Fsp3) is 0.500. The third-order valence-corrected chi connectivity index (χ3v) is 3.75. The highest BCUT2D eigenvalue weighted by Crippen LogP contribution is 2.16. The highest BCUT2D eigenvalue weighted by Gasteiger charge is 2.16. The highest BCUT2D eigenvalue weighted by molar-refractivity contribution is 5.91. The topological polar surface area (TPSA) is 70.2 Å². The van der Waals surface area contributed by atoms with E-state index in [0.29, 0.717) is 18.8 Å². The number of amides is 2. The number of carbonyl (C=O) groups excluding carboxylic acids is 2. The predicted octanol–water partition coefficient (Wildman–Crippen LogP) is 1.30. The van der Waals surface area contributed by atoms with E-state index in [0.717, 1.165) is 37.2 Å². The van der Waals surface area contributed by atoms with E-state index < -0.39 is 0 Å². The van der Waals surface area contributed by atoms with Crippen LogP contribution in [0, 0.1) is 5.92 Å². The second-order valence-electron chi connectivity index (χ2n) is 5.51. The molecule has 5 nitrogen and oxygen atoms in total. The molecular weight excluding hydrogens is 266 g/mol. The SMILES string of the molecule is CNC(=O)Cc1ccc(NC(=O)CC2CCCNC2)cc1. The van der Waals surface area contributed by atoms with Crippen molar-refractivity contribution in [2.24, 2.45) is 5.92 Å². The van der Waals surface area contributed by atoms with Gasteiger partial charge in [0.1, 0.15) is 0 Å². The lowest BCUT2D eigenvalue weighted by atomic mass is 9.96. The Hall–Kier alpha value is -1.88. The molecule has 0 bridgehead atoms. The molecule has 114 valence electrons. The van der Waals surface area contributed by atoms with Crippen molar-refractivity contribution in [3.05, 3.63) is 29.8 Å². The van der Waals surface area contributed by atoms with Crippen LogP contribution in [-0.2, 0) is 16.0 Å². The van der Waals surface area contributed by atoms with Crippen LogP contribution in [0.1, 0.15) is 24.8 Å². The monoisotopic (exact) mass is 289 g/mol. The molecule has 1 aliphatic heterocycles. The molecule has 1 aromatic rings. The molecule has 5 heteroatoms. The van der Waals surface area contributed by atoms with Gasteiger partial charge in [-0.15, -0.1) is 0 Å². The van der Waals surface area contributed by atoms with E-state index in [9.17, 15) is 9.59 Å². The fourth-order valence-electron chi connectivity index (χ4n) is 2.55. The van der Waals surface area contributed by atoms with Crippen molar-refractivity contribution < 1.29 is 9.59 Å². The summed E-state index contributed by atoms with van der Waals surface area (Å²) in [5.74, 6) is 0.477. The van der Waals surface area contributed by atoms with Crippen LogP contribution in [0.4, 0.5) is 5.69 Å². The first-order chi connectivity index (χ1) is 10.2. The van der Waals surface area contributed by atoms with Gasteiger partial charge < -0.3 is 16.0 Å². The van der Waals surface area contributed by atoms with Gasteiger partial charge in [-0.3, -0.25) is 9.59 Å². The Morgan fingerprint density at radius 2 is 2.00 bits per heavy atom. The van der Waals surface area contributed by atoms with Crippen molar-refractivity contribution in [2.75, 3.05) is 25.5 Å². The van der Waals surface area contributed by atoms with Crippen LogP contribution >= 0.6 is 0 Å². The van der Waals surface area contributed by atoms with Gasteiger partial charge in [-0.2, -0.15) is 0 Å². The molecule has 0 radical (unpaired) electrons. The molecule has 3 N–H and O–H groups in total. The number of carbonyl (C=O) groups is 2. The van der Waals surface area contributed by atoms with Crippen LogP contribution in [0.5, 0.6) is 0 Å². The summed E-state index contributed by atoms with van der Waals surface area (Å²) in [6.07, 6.45) is 3.18. The van der Waals surface area contributed by atoms with E-state index in [-0.39, 0.29) is 11.8 Å². The molecule has 21 heavy (non-hydrogen) atoms. The van der Waals surface area contributed by atoms with E-state index in [1.54, 1.807) is 7.05 Å². The summed E-state index contributed by atoms with van der Waals surface area (Å²) < 4.78 is 0. The van der Waals surface area contributed by atoms with Gasteiger partial charge in [0.2, 0.25) is 11.8 Å². The summed E-state index contributed by atoms with van der Waals surface area (Å²) in [5.41, 5.74) is 1.72. The number of benzene rings is 1. The molecule has 1 unspecified atom stereocenters. The van der Waals surface area contributed by atoms with Gasteiger partial charge in [-0.25, -0.2) is 0 Å². The molecule has 0 saturated carbocycles. The van der Waals surface area contributed by atoms with Crippen molar-refractivity contribution in [2.45, 2.75) is 25.7 Å². The first-order valence-electron chi connectivity index (χ1n) is 7.47. The van der Waals surface area contributed by atoms with Crippen molar-refractivity contribution >= 4 is 17.5 Å².